The van der Waals surface area contributed by atoms with Gasteiger partial charge in [-0.3, -0.25) is 14.4 Å². The van der Waals surface area contributed by atoms with Gasteiger partial charge in [-0.2, -0.15) is 0 Å². The molecule has 30 heavy (non-hydrogen) atoms. The number of nitrogens with one attached hydrogen (secondary N) is 2. The van der Waals surface area contributed by atoms with Gasteiger partial charge in [0.2, 0.25) is 0 Å². The fourth-order valence-corrected chi connectivity index (χ4v) is 4.16. The zero-order valence-electron chi connectivity index (χ0n) is 17.0. The van der Waals surface area contributed by atoms with Gasteiger partial charge in [-0.15, -0.1) is 0 Å². The summed E-state index contributed by atoms with van der Waals surface area (Å²) in [4.78, 5) is 14.7. The highest BCUT2D eigenvalue weighted by Crippen LogP contribution is 2.20. The lowest BCUT2D eigenvalue weighted by Gasteiger charge is -2.26. The molecule has 1 saturated heterocycles. The summed E-state index contributed by atoms with van der Waals surface area (Å²) in [5.74, 6) is 0.359. The third kappa shape index (κ3) is 6.19. The number of carbonyl (C=O) groups excluding carboxylic acids is 1. The molecule has 2 N–H and O–H groups in total. The number of anilines is 1. The molecule has 1 fully saturated rings. The second kappa shape index (κ2) is 10.4. The highest BCUT2D eigenvalue weighted by atomic mass is 32.2. The molecule has 0 saturated carbocycles. The monoisotopic (exact) mass is 433 g/mol. The van der Waals surface area contributed by atoms with E-state index in [1.54, 1.807) is 36.4 Å². The van der Waals surface area contributed by atoms with Gasteiger partial charge in [0.1, 0.15) is 5.75 Å². The van der Waals surface area contributed by atoms with E-state index in [1.807, 2.05) is 6.92 Å². The van der Waals surface area contributed by atoms with Crippen molar-refractivity contribution in [3.63, 3.8) is 0 Å². The predicted octanol–water partition coefficient (Wildman–Crippen LogP) is 1.95. The molecule has 0 radical (unpaired) electrons. The minimum absolute atomic E-state index is 0.0252. The van der Waals surface area contributed by atoms with Crippen molar-refractivity contribution in [3.05, 3.63) is 54.1 Å². The first-order chi connectivity index (χ1) is 14.5. The van der Waals surface area contributed by atoms with Crippen LogP contribution in [0.1, 0.15) is 17.3 Å². The van der Waals surface area contributed by atoms with Gasteiger partial charge in [0.05, 0.1) is 24.7 Å². The van der Waals surface area contributed by atoms with Crippen molar-refractivity contribution in [1.82, 2.24) is 10.2 Å². The molecular weight excluding hydrogens is 406 g/mol. The van der Waals surface area contributed by atoms with Crippen LogP contribution < -0.4 is 14.8 Å². The lowest BCUT2D eigenvalue weighted by atomic mass is 10.2. The van der Waals surface area contributed by atoms with Crippen LogP contribution in [-0.2, 0) is 14.8 Å². The molecular formula is C21H27N3O5S. The minimum Gasteiger partial charge on any atom is -0.494 e. The second-order valence-electron chi connectivity index (χ2n) is 6.80. The van der Waals surface area contributed by atoms with Crippen LogP contribution in [0.25, 0.3) is 0 Å². The molecule has 0 spiro atoms. The Kier molecular flexibility index (Phi) is 7.67. The van der Waals surface area contributed by atoms with E-state index in [0.717, 1.165) is 19.6 Å². The molecule has 9 heteroatoms. The summed E-state index contributed by atoms with van der Waals surface area (Å²) in [5, 5.41) is 2.84. The topological polar surface area (TPSA) is 97.0 Å². The van der Waals surface area contributed by atoms with Crippen molar-refractivity contribution in [3.8, 4) is 5.75 Å². The quantitative estimate of drug-likeness (QED) is 0.627. The Bertz CT molecular complexity index is 941. The van der Waals surface area contributed by atoms with Crippen LogP contribution in [0, 0.1) is 0 Å². The smallest absolute Gasteiger partial charge is 0.261 e. The highest BCUT2D eigenvalue weighted by Gasteiger charge is 2.17. The maximum atomic E-state index is 12.7. The Morgan fingerprint density at radius 1 is 1.13 bits per heavy atom. The molecule has 0 atom stereocenters. The molecule has 0 aliphatic carbocycles. The number of nitrogens with zero attached hydrogens (tertiary/aromatic N) is 1. The van der Waals surface area contributed by atoms with Crippen LogP contribution in [0.5, 0.6) is 5.75 Å². The Labute approximate surface area is 177 Å². The molecule has 1 amide bonds. The number of hydrogen-bond acceptors (Lipinski definition) is 6. The van der Waals surface area contributed by atoms with Crippen LogP contribution in [-0.4, -0.2) is 65.2 Å². The molecule has 2 aromatic carbocycles. The molecule has 0 unspecified atom stereocenters. The maximum Gasteiger partial charge on any atom is 0.261 e. The normalized spacial score (nSPS) is 14.8. The van der Waals surface area contributed by atoms with E-state index in [0.29, 0.717) is 43.4 Å². The fourth-order valence-electron chi connectivity index (χ4n) is 3.06. The largest absolute Gasteiger partial charge is 0.494 e. The van der Waals surface area contributed by atoms with E-state index in [-0.39, 0.29) is 10.8 Å². The molecule has 8 nitrogen and oxygen atoms in total. The molecule has 1 aliphatic heterocycles. The number of benzene rings is 2. The van der Waals surface area contributed by atoms with Crippen molar-refractivity contribution in [2.45, 2.75) is 11.8 Å². The molecule has 2 aromatic rings. The van der Waals surface area contributed by atoms with Gasteiger partial charge >= 0.3 is 0 Å². The first kappa shape index (κ1) is 22.1. The van der Waals surface area contributed by atoms with Crippen molar-refractivity contribution in [2.75, 3.05) is 50.7 Å². The third-order valence-electron chi connectivity index (χ3n) is 4.64. The summed E-state index contributed by atoms with van der Waals surface area (Å²) in [6, 6.07) is 12.6. The van der Waals surface area contributed by atoms with Gasteiger partial charge in [-0.25, -0.2) is 8.42 Å². The zero-order chi connectivity index (χ0) is 21.4. The van der Waals surface area contributed by atoms with Crippen molar-refractivity contribution in [1.29, 1.82) is 0 Å². The van der Waals surface area contributed by atoms with E-state index in [9.17, 15) is 13.2 Å². The molecule has 3 rings (SSSR count). The van der Waals surface area contributed by atoms with E-state index in [4.69, 9.17) is 9.47 Å². The number of amides is 1. The molecule has 0 bridgehead atoms. The molecule has 1 aliphatic rings. The fraction of sp³-hybridized carbons (Fsp3) is 0.381. The summed E-state index contributed by atoms with van der Waals surface area (Å²) in [6.07, 6.45) is 0. The standard InChI is InChI=1S/C21H27N3O5S/c1-2-29-19-8-6-18(7-9-19)23-30(26,27)20-5-3-4-17(16-20)21(25)22-10-11-24-12-14-28-15-13-24/h3-9,16,23H,2,10-15H2,1H3,(H,22,25). The van der Waals surface area contributed by atoms with Gasteiger partial charge in [0, 0.05) is 37.4 Å². The summed E-state index contributed by atoms with van der Waals surface area (Å²) in [5.41, 5.74) is 0.713. The summed E-state index contributed by atoms with van der Waals surface area (Å²) in [7, 11) is -3.83. The lowest BCUT2D eigenvalue weighted by molar-refractivity contribution is 0.0383. The van der Waals surface area contributed by atoms with Gasteiger partial charge in [0.25, 0.3) is 15.9 Å². The van der Waals surface area contributed by atoms with Crippen molar-refractivity contribution >= 4 is 21.6 Å². The Balaban J connectivity index is 1.60. The van der Waals surface area contributed by atoms with Gasteiger partial charge in [-0.05, 0) is 49.4 Å². The number of carbonyl (C=O) groups is 1. The van der Waals surface area contributed by atoms with Crippen LogP contribution in [0.4, 0.5) is 5.69 Å². The molecule has 1 heterocycles. The molecule has 0 aromatic heterocycles. The first-order valence-electron chi connectivity index (χ1n) is 9.92. The Morgan fingerprint density at radius 3 is 2.57 bits per heavy atom. The van der Waals surface area contributed by atoms with Crippen molar-refractivity contribution < 1.29 is 22.7 Å². The second-order valence-corrected chi connectivity index (χ2v) is 8.48. The maximum absolute atomic E-state index is 12.7. The zero-order valence-corrected chi connectivity index (χ0v) is 17.8. The molecule has 162 valence electrons. The van der Waals surface area contributed by atoms with Gasteiger partial charge in [0.15, 0.2) is 0 Å². The summed E-state index contributed by atoms with van der Waals surface area (Å²) < 4.78 is 38.6. The number of hydrogen-bond donors (Lipinski definition) is 2. The number of rotatable bonds is 9. The Hall–Kier alpha value is -2.62. The van der Waals surface area contributed by atoms with E-state index >= 15 is 0 Å². The van der Waals surface area contributed by atoms with Gasteiger partial charge < -0.3 is 14.8 Å². The Morgan fingerprint density at radius 2 is 1.87 bits per heavy atom. The average Bonchev–Trinajstić information content (AvgIpc) is 2.76. The number of ether oxygens (including phenoxy) is 2. The SMILES string of the molecule is CCOc1ccc(NS(=O)(=O)c2cccc(C(=O)NCCN3CCOCC3)c2)cc1. The predicted molar refractivity (Wildman–Crippen MR) is 114 cm³/mol. The summed E-state index contributed by atoms with van der Waals surface area (Å²) >= 11 is 0. The van der Waals surface area contributed by atoms with Crippen LogP contribution in [0.15, 0.2) is 53.4 Å². The highest BCUT2D eigenvalue weighted by molar-refractivity contribution is 7.92. The minimum atomic E-state index is -3.83. The van der Waals surface area contributed by atoms with Gasteiger partial charge in [-0.1, -0.05) is 6.07 Å². The lowest BCUT2D eigenvalue weighted by Crippen LogP contribution is -2.41. The first-order valence-corrected chi connectivity index (χ1v) is 11.4. The van der Waals surface area contributed by atoms with Crippen LogP contribution in [0.3, 0.4) is 0 Å². The van der Waals surface area contributed by atoms with Crippen molar-refractivity contribution in [2.24, 2.45) is 0 Å². The van der Waals surface area contributed by atoms with E-state index in [2.05, 4.69) is 14.9 Å². The van der Waals surface area contributed by atoms with Crippen LogP contribution >= 0.6 is 0 Å². The van der Waals surface area contributed by atoms with Crippen LogP contribution in [0.2, 0.25) is 0 Å². The third-order valence-corrected chi connectivity index (χ3v) is 6.02. The van der Waals surface area contributed by atoms with E-state index in [1.165, 1.54) is 12.1 Å². The average molecular weight is 434 g/mol. The van der Waals surface area contributed by atoms with E-state index < -0.39 is 10.0 Å². The summed E-state index contributed by atoms with van der Waals surface area (Å²) in [6.45, 7) is 6.73. The number of morpholine rings is 1. The number of sulfonamides is 1.